The lowest BCUT2D eigenvalue weighted by molar-refractivity contribution is 0.312. The molecule has 0 aliphatic carbocycles. The van der Waals surface area contributed by atoms with Crippen LogP contribution >= 0.6 is 0 Å². The van der Waals surface area contributed by atoms with Crippen molar-refractivity contribution in [3.05, 3.63) is 47.4 Å². The van der Waals surface area contributed by atoms with Gasteiger partial charge in [0.25, 0.3) is 0 Å². The standard InChI is InChI=1S/C16H20FN5/c1-21-6-8-22(9-7-21)15-13(11-19-16(18)20-15)10-12-2-4-14(17)5-3-12/h2-5,11H,6-10H2,1H3,(H2,18,19,20). The molecule has 6 heteroatoms. The summed E-state index contributed by atoms with van der Waals surface area (Å²) in [5.74, 6) is 0.957. The maximum atomic E-state index is 13.0. The minimum atomic E-state index is -0.225. The van der Waals surface area contributed by atoms with Crippen molar-refractivity contribution < 1.29 is 4.39 Å². The second-order valence-corrected chi connectivity index (χ2v) is 5.67. The second kappa shape index (κ2) is 6.27. The summed E-state index contributed by atoms with van der Waals surface area (Å²) >= 11 is 0. The van der Waals surface area contributed by atoms with Crippen LogP contribution in [0.25, 0.3) is 0 Å². The fourth-order valence-corrected chi connectivity index (χ4v) is 2.65. The SMILES string of the molecule is CN1CCN(c2nc(N)ncc2Cc2ccc(F)cc2)CC1. The van der Waals surface area contributed by atoms with E-state index in [-0.39, 0.29) is 11.8 Å². The quantitative estimate of drug-likeness (QED) is 0.932. The van der Waals surface area contributed by atoms with Crippen LogP contribution in [0, 0.1) is 5.82 Å². The number of nitrogens with two attached hydrogens (primary N) is 1. The van der Waals surface area contributed by atoms with Gasteiger partial charge in [-0.2, -0.15) is 4.98 Å². The van der Waals surface area contributed by atoms with Gasteiger partial charge in [-0.05, 0) is 24.7 Å². The molecule has 0 spiro atoms. The summed E-state index contributed by atoms with van der Waals surface area (Å²) in [5, 5.41) is 0. The molecule has 2 aromatic rings. The van der Waals surface area contributed by atoms with E-state index in [9.17, 15) is 4.39 Å². The van der Waals surface area contributed by atoms with E-state index in [1.165, 1.54) is 12.1 Å². The number of hydrogen-bond acceptors (Lipinski definition) is 5. The summed E-state index contributed by atoms with van der Waals surface area (Å²) in [7, 11) is 2.12. The molecular weight excluding hydrogens is 281 g/mol. The molecule has 0 bridgehead atoms. The first-order valence-electron chi connectivity index (χ1n) is 7.41. The molecule has 1 saturated heterocycles. The fourth-order valence-electron chi connectivity index (χ4n) is 2.65. The first kappa shape index (κ1) is 14.7. The van der Waals surface area contributed by atoms with Crippen LogP contribution in [0.2, 0.25) is 0 Å². The Balaban J connectivity index is 1.85. The van der Waals surface area contributed by atoms with Gasteiger partial charge in [0.1, 0.15) is 11.6 Å². The van der Waals surface area contributed by atoms with E-state index in [1.54, 1.807) is 18.3 Å². The Morgan fingerprint density at radius 2 is 1.82 bits per heavy atom. The Kier molecular flexibility index (Phi) is 4.20. The van der Waals surface area contributed by atoms with Gasteiger partial charge in [0, 0.05) is 44.4 Å². The highest BCUT2D eigenvalue weighted by Crippen LogP contribution is 2.22. The minimum absolute atomic E-state index is 0.225. The minimum Gasteiger partial charge on any atom is -0.368 e. The number of piperazine rings is 1. The van der Waals surface area contributed by atoms with Gasteiger partial charge in [0.15, 0.2) is 0 Å². The van der Waals surface area contributed by atoms with Crippen LogP contribution in [-0.2, 0) is 6.42 Å². The predicted octanol–water partition coefficient (Wildman–Crippen LogP) is 1.54. The summed E-state index contributed by atoms with van der Waals surface area (Å²) in [6.45, 7) is 3.84. The third-order valence-electron chi connectivity index (χ3n) is 3.97. The Morgan fingerprint density at radius 1 is 1.14 bits per heavy atom. The lowest BCUT2D eigenvalue weighted by Crippen LogP contribution is -2.45. The lowest BCUT2D eigenvalue weighted by Gasteiger charge is -2.34. The maximum Gasteiger partial charge on any atom is 0.221 e. The molecule has 1 aliphatic heterocycles. The number of aromatic nitrogens is 2. The van der Waals surface area contributed by atoms with E-state index >= 15 is 0 Å². The van der Waals surface area contributed by atoms with E-state index < -0.39 is 0 Å². The van der Waals surface area contributed by atoms with Gasteiger partial charge in [-0.25, -0.2) is 9.37 Å². The molecule has 116 valence electrons. The van der Waals surface area contributed by atoms with Gasteiger partial charge in [0.2, 0.25) is 5.95 Å². The average molecular weight is 301 g/mol. The van der Waals surface area contributed by atoms with Crippen LogP contribution in [0.5, 0.6) is 0 Å². The monoisotopic (exact) mass is 301 g/mol. The topological polar surface area (TPSA) is 58.3 Å². The van der Waals surface area contributed by atoms with Crippen molar-refractivity contribution in [1.29, 1.82) is 0 Å². The van der Waals surface area contributed by atoms with Gasteiger partial charge in [-0.15, -0.1) is 0 Å². The Labute approximate surface area is 129 Å². The van der Waals surface area contributed by atoms with E-state index in [0.717, 1.165) is 43.1 Å². The first-order valence-corrected chi connectivity index (χ1v) is 7.41. The predicted molar refractivity (Wildman–Crippen MR) is 85.4 cm³/mol. The molecule has 0 saturated carbocycles. The van der Waals surface area contributed by atoms with Gasteiger partial charge in [-0.1, -0.05) is 12.1 Å². The van der Waals surface area contributed by atoms with Crippen molar-refractivity contribution in [2.45, 2.75) is 6.42 Å². The smallest absolute Gasteiger partial charge is 0.221 e. The molecule has 0 atom stereocenters. The van der Waals surface area contributed by atoms with E-state index in [4.69, 9.17) is 5.73 Å². The largest absolute Gasteiger partial charge is 0.368 e. The molecule has 0 radical (unpaired) electrons. The summed E-state index contributed by atoms with van der Waals surface area (Å²) < 4.78 is 13.0. The lowest BCUT2D eigenvalue weighted by atomic mass is 10.1. The number of nitrogens with zero attached hydrogens (tertiary/aromatic N) is 4. The summed E-state index contributed by atoms with van der Waals surface area (Å²) in [6, 6.07) is 6.53. The summed E-state index contributed by atoms with van der Waals surface area (Å²) in [4.78, 5) is 13.1. The molecule has 1 fully saturated rings. The summed E-state index contributed by atoms with van der Waals surface area (Å²) in [5.41, 5.74) is 7.82. The third-order valence-corrected chi connectivity index (χ3v) is 3.97. The van der Waals surface area contributed by atoms with Crippen LogP contribution < -0.4 is 10.6 Å². The average Bonchev–Trinajstić information content (AvgIpc) is 2.52. The maximum absolute atomic E-state index is 13.0. The van der Waals surface area contributed by atoms with Crippen molar-refractivity contribution in [3.63, 3.8) is 0 Å². The molecule has 0 amide bonds. The van der Waals surface area contributed by atoms with E-state index in [1.807, 2.05) is 0 Å². The number of anilines is 2. The molecule has 3 rings (SSSR count). The van der Waals surface area contributed by atoms with Gasteiger partial charge >= 0.3 is 0 Å². The highest BCUT2D eigenvalue weighted by Gasteiger charge is 2.19. The zero-order valence-electron chi connectivity index (χ0n) is 12.7. The molecule has 0 unspecified atom stereocenters. The zero-order valence-corrected chi connectivity index (χ0v) is 12.7. The Bertz CT molecular complexity index is 635. The highest BCUT2D eigenvalue weighted by atomic mass is 19.1. The molecule has 22 heavy (non-hydrogen) atoms. The molecule has 2 heterocycles. The van der Waals surface area contributed by atoms with Crippen molar-refractivity contribution in [2.24, 2.45) is 0 Å². The van der Waals surface area contributed by atoms with Gasteiger partial charge < -0.3 is 15.5 Å². The normalized spacial score (nSPS) is 16.0. The number of halogens is 1. The molecule has 1 aromatic carbocycles. The van der Waals surface area contributed by atoms with Gasteiger partial charge in [-0.3, -0.25) is 0 Å². The zero-order chi connectivity index (χ0) is 15.5. The Morgan fingerprint density at radius 3 is 2.50 bits per heavy atom. The first-order chi connectivity index (χ1) is 10.6. The third kappa shape index (κ3) is 3.33. The molecule has 1 aliphatic rings. The van der Waals surface area contributed by atoms with E-state index in [0.29, 0.717) is 6.42 Å². The van der Waals surface area contributed by atoms with Crippen LogP contribution in [0.3, 0.4) is 0 Å². The molecule has 2 N–H and O–H groups in total. The van der Waals surface area contributed by atoms with Crippen molar-refractivity contribution in [3.8, 4) is 0 Å². The van der Waals surface area contributed by atoms with Crippen LogP contribution in [0.1, 0.15) is 11.1 Å². The van der Waals surface area contributed by atoms with Crippen molar-refractivity contribution >= 4 is 11.8 Å². The summed E-state index contributed by atoms with van der Waals surface area (Å²) in [6.07, 6.45) is 2.45. The molecule has 1 aromatic heterocycles. The number of rotatable bonds is 3. The number of likely N-dealkylation sites (N-methyl/N-ethyl adjacent to an activating group) is 1. The molecule has 5 nitrogen and oxygen atoms in total. The van der Waals surface area contributed by atoms with Crippen LogP contribution in [0.4, 0.5) is 16.2 Å². The molecular formula is C16H20FN5. The highest BCUT2D eigenvalue weighted by molar-refractivity contribution is 5.51. The van der Waals surface area contributed by atoms with E-state index in [2.05, 4.69) is 26.8 Å². The van der Waals surface area contributed by atoms with Gasteiger partial charge in [0.05, 0.1) is 0 Å². The fraction of sp³-hybridized carbons (Fsp3) is 0.375. The van der Waals surface area contributed by atoms with Crippen LogP contribution in [0.15, 0.2) is 30.5 Å². The number of benzene rings is 1. The van der Waals surface area contributed by atoms with Crippen molar-refractivity contribution in [2.75, 3.05) is 43.9 Å². The number of nitrogen functional groups attached to an aromatic ring is 1. The van der Waals surface area contributed by atoms with Crippen LogP contribution in [-0.4, -0.2) is 48.1 Å². The van der Waals surface area contributed by atoms with Crippen molar-refractivity contribution in [1.82, 2.24) is 14.9 Å². The number of hydrogen-bond donors (Lipinski definition) is 1. The second-order valence-electron chi connectivity index (χ2n) is 5.67. The Hall–Kier alpha value is -2.21.